The van der Waals surface area contributed by atoms with Gasteiger partial charge < -0.3 is 10.6 Å². The first-order valence-corrected chi connectivity index (χ1v) is 10.6. The number of hydrogen-bond donors (Lipinski definition) is 2. The van der Waals surface area contributed by atoms with Crippen LogP contribution in [-0.2, 0) is 11.3 Å². The summed E-state index contributed by atoms with van der Waals surface area (Å²) in [6, 6.07) is 15.6. The maximum absolute atomic E-state index is 12.7. The van der Waals surface area contributed by atoms with Crippen molar-refractivity contribution in [2.45, 2.75) is 44.2 Å². The number of allylic oxidation sites excluding steroid dienone is 1. The second-order valence-electron chi connectivity index (χ2n) is 8.17. The van der Waals surface area contributed by atoms with Gasteiger partial charge in [0.15, 0.2) is 0 Å². The number of amides is 2. The number of nitrogens with zero attached hydrogens (tertiary/aromatic N) is 2. The number of nitrogens with one attached hydrogen (secondary N) is 2. The number of pyridine rings is 1. The number of hydrogen-bond acceptors (Lipinski definition) is 4. The third-order valence-electron chi connectivity index (χ3n) is 5.83. The van der Waals surface area contributed by atoms with Gasteiger partial charge in [-0.15, -0.1) is 0 Å². The van der Waals surface area contributed by atoms with Crippen LogP contribution in [0.1, 0.15) is 53.3 Å². The molecule has 3 heterocycles. The number of aromatic nitrogens is 1. The van der Waals surface area contributed by atoms with Crippen LogP contribution in [0.25, 0.3) is 0 Å². The van der Waals surface area contributed by atoms with Crippen molar-refractivity contribution in [1.82, 2.24) is 20.5 Å². The fraction of sp³-hybridized carbons (Fsp3) is 0.375. The number of likely N-dealkylation sites (tertiary alicyclic amines) is 1. The Bertz CT molecular complexity index is 928. The van der Waals surface area contributed by atoms with Crippen LogP contribution in [0.4, 0.5) is 0 Å². The van der Waals surface area contributed by atoms with Crippen LogP contribution < -0.4 is 10.6 Å². The summed E-state index contributed by atoms with van der Waals surface area (Å²) in [6.45, 7) is 6.71. The van der Waals surface area contributed by atoms with Crippen LogP contribution in [0.15, 0.2) is 60.8 Å². The Balaban J connectivity index is 1.40. The summed E-state index contributed by atoms with van der Waals surface area (Å²) >= 11 is 0. The van der Waals surface area contributed by atoms with Gasteiger partial charge in [0.1, 0.15) is 11.7 Å². The largest absolute Gasteiger partial charge is 0.339 e. The highest BCUT2D eigenvalue weighted by molar-refractivity contribution is 5.96. The maximum atomic E-state index is 12.7. The molecule has 1 aromatic carbocycles. The molecule has 0 aliphatic carbocycles. The standard InChI is InChI=1S/C24H28N4O2/c1-17-12-13-22(23(29)25-17)27-24(30)21-11-5-10-20(26-21)19-9-6-14-28(16-19)15-18-7-3-2-4-8-18/h2-5,7-8,10-11,19,22H,1,6,9,12-16H2,(H,25,29)(H,27,30). The maximum Gasteiger partial charge on any atom is 0.270 e. The lowest BCUT2D eigenvalue weighted by atomic mass is 9.93. The van der Waals surface area contributed by atoms with Gasteiger partial charge in [-0.3, -0.25) is 14.5 Å². The molecular formula is C24H28N4O2. The molecule has 4 rings (SSSR count). The minimum Gasteiger partial charge on any atom is -0.339 e. The van der Waals surface area contributed by atoms with Gasteiger partial charge in [0, 0.05) is 30.4 Å². The molecule has 2 aliphatic heterocycles. The van der Waals surface area contributed by atoms with E-state index in [0.29, 0.717) is 30.2 Å². The second-order valence-corrected chi connectivity index (χ2v) is 8.17. The Hall–Kier alpha value is -2.99. The van der Waals surface area contributed by atoms with Crippen LogP contribution in [0.3, 0.4) is 0 Å². The van der Waals surface area contributed by atoms with Crippen molar-refractivity contribution in [1.29, 1.82) is 0 Å². The van der Waals surface area contributed by atoms with Crippen molar-refractivity contribution in [2.24, 2.45) is 0 Å². The lowest BCUT2D eigenvalue weighted by Gasteiger charge is -2.32. The summed E-state index contributed by atoms with van der Waals surface area (Å²) in [5, 5.41) is 5.51. The minimum absolute atomic E-state index is 0.209. The normalized spacial score (nSPS) is 22.4. The molecule has 1 aromatic heterocycles. The molecule has 156 valence electrons. The van der Waals surface area contributed by atoms with Crippen LogP contribution in [0.5, 0.6) is 0 Å². The molecule has 2 N–H and O–H groups in total. The molecule has 0 spiro atoms. The van der Waals surface area contributed by atoms with Gasteiger partial charge in [-0.25, -0.2) is 4.98 Å². The van der Waals surface area contributed by atoms with E-state index in [0.717, 1.165) is 38.2 Å². The fourth-order valence-electron chi connectivity index (χ4n) is 4.23. The summed E-state index contributed by atoms with van der Waals surface area (Å²) in [5.74, 6) is -0.211. The number of piperidine rings is 2. The highest BCUT2D eigenvalue weighted by Gasteiger charge is 2.27. The van der Waals surface area contributed by atoms with E-state index in [4.69, 9.17) is 0 Å². The van der Waals surface area contributed by atoms with E-state index in [1.165, 1.54) is 5.56 Å². The molecule has 0 bridgehead atoms. The van der Waals surface area contributed by atoms with Crippen LogP contribution >= 0.6 is 0 Å². The number of carbonyl (C=O) groups excluding carboxylic acids is 2. The molecule has 2 saturated heterocycles. The Morgan fingerprint density at radius 1 is 1.17 bits per heavy atom. The Kier molecular flexibility index (Phi) is 6.23. The molecule has 2 unspecified atom stereocenters. The molecule has 2 amide bonds. The van der Waals surface area contributed by atoms with E-state index in [-0.39, 0.29) is 11.8 Å². The zero-order valence-electron chi connectivity index (χ0n) is 17.1. The molecule has 2 atom stereocenters. The molecule has 2 fully saturated rings. The summed E-state index contributed by atoms with van der Waals surface area (Å²) in [5.41, 5.74) is 3.32. The first-order valence-electron chi connectivity index (χ1n) is 10.6. The average molecular weight is 405 g/mol. The predicted octanol–water partition coefficient (Wildman–Crippen LogP) is 2.98. The van der Waals surface area contributed by atoms with Gasteiger partial charge in [0.2, 0.25) is 5.91 Å². The number of benzene rings is 1. The van der Waals surface area contributed by atoms with Crippen molar-refractivity contribution in [2.75, 3.05) is 13.1 Å². The predicted molar refractivity (Wildman–Crippen MR) is 116 cm³/mol. The number of carbonyl (C=O) groups is 2. The van der Waals surface area contributed by atoms with E-state index < -0.39 is 6.04 Å². The lowest BCUT2D eigenvalue weighted by molar-refractivity contribution is -0.123. The van der Waals surface area contributed by atoms with E-state index in [1.807, 2.05) is 18.2 Å². The first kappa shape index (κ1) is 20.3. The molecule has 2 aromatic rings. The van der Waals surface area contributed by atoms with Crippen LogP contribution in [0.2, 0.25) is 0 Å². The van der Waals surface area contributed by atoms with E-state index in [1.54, 1.807) is 6.07 Å². The average Bonchev–Trinajstić information content (AvgIpc) is 2.77. The zero-order chi connectivity index (χ0) is 20.9. The Labute approximate surface area is 177 Å². The fourth-order valence-corrected chi connectivity index (χ4v) is 4.23. The first-order chi connectivity index (χ1) is 14.6. The molecule has 6 heteroatoms. The molecule has 6 nitrogen and oxygen atoms in total. The van der Waals surface area contributed by atoms with E-state index >= 15 is 0 Å². The van der Waals surface area contributed by atoms with Crippen molar-refractivity contribution in [3.05, 3.63) is 77.8 Å². The van der Waals surface area contributed by atoms with E-state index in [9.17, 15) is 9.59 Å². The topological polar surface area (TPSA) is 74.3 Å². The zero-order valence-corrected chi connectivity index (χ0v) is 17.1. The van der Waals surface area contributed by atoms with Gasteiger partial charge in [-0.2, -0.15) is 0 Å². The molecule has 0 saturated carbocycles. The van der Waals surface area contributed by atoms with Crippen molar-refractivity contribution >= 4 is 11.8 Å². The van der Waals surface area contributed by atoms with Gasteiger partial charge >= 0.3 is 0 Å². The molecule has 30 heavy (non-hydrogen) atoms. The van der Waals surface area contributed by atoms with Crippen molar-refractivity contribution < 1.29 is 9.59 Å². The summed E-state index contributed by atoms with van der Waals surface area (Å²) in [7, 11) is 0. The van der Waals surface area contributed by atoms with Crippen LogP contribution in [0, 0.1) is 0 Å². The molecule has 2 aliphatic rings. The highest BCUT2D eigenvalue weighted by atomic mass is 16.2. The lowest BCUT2D eigenvalue weighted by Crippen LogP contribution is -2.49. The smallest absolute Gasteiger partial charge is 0.270 e. The number of rotatable bonds is 5. The van der Waals surface area contributed by atoms with Gasteiger partial charge in [0.25, 0.3) is 5.91 Å². The summed E-state index contributed by atoms with van der Waals surface area (Å²) in [6.07, 6.45) is 3.41. The van der Waals surface area contributed by atoms with Crippen molar-refractivity contribution in [3.63, 3.8) is 0 Å². The Morgan fingerprint density at radius 3 is 2.80 bits per heavy atom. The SMILES string of the molecule is C=C1CCC(NC(=O)c2cccc(C3CCCN(Cc4ccccc4)C3)n2)C(=O)N1. The van der Waals surface area contributed by atoms with Crippen LogP contribution in [-0.4, -0.2) is 40.8 Å². The van der Waals surface area contributed by atoms with Gasteiger partial charge in [-0.05, 0) is 49.9 Å². The third-order valence-corrected chi connectivity index (χ3v) is 5.83. The minimum atomic E-state index is -0.537. The third kappa shape index (κ3) is 4.94. The monoisotopic (exact) mass is 404 g/mol. The highest BCUT2D eigenvalue weighted by Crippen LogP contribution is 2.26. The van der Waals surface area contributed by atoms with Crippen molar-refractivity contribution in [3.8, 4) is 0 Å². The quantitative estimate of drug-likeness (QED) is 0.804. The summed E-state index contributed by atoms with van der Waals surface area (Å²) < 4.78 is 0. The second kappa shape index (κ2) is 9.22. The molecule has 0 radical (unpaired) electrons. The van der Waals surface area contributed by atoms with E-state index in [2.05, 4.69) is 51.4 Å². The summed E-state index contributed by atoms with van der Waals surface area (Å²) in [4.78, 5) is 31.9. The van der Waals surface area contributed by atoms with Gasteiger partial charge in [0.05, 0.1) is 0 Å². The Morgan fingerprint density at radius 2 is 2.00 bits per heavy atom. The molecular weight excluding hydrogens is 376 g/mol. The van der Waals surface area contributed by atoms with Gasteiger partial charge in [-0.1, -0.05) is 43.0 Å².